The van der Waals surface area contributed by atoms with E-state index in [-0.39, 0.29) is 16.2 Å². The Morgan fingerprint density at radius 1 is 0.473 bits per heavy atom. The van der Waals surface area contributed by atoms with Crippen molar-refractivity contribution in [2.75, 3.05) is 4.90 Å². The summed E-state index contributed by atoms with van der Waals surface area (Å²) in [5.41, 5.74) is 19.1. The van der Waals surface area contributed by atoms with Gasteiger partial charge in [-0.25, -0.2) is 0 Å². The number of nitrogens with zero attached hydrogens (tertiary/aromatic N) is 1. The first kappa shape index (κ1) is 32.4. The molecule has 1 nitrogen and oxygen atoms in total. The lowest BCUT2D eigenvalue weighted by Crippen LogP contribution is -2.73. The molecule has 0 aromatic heterocycles. The van der Waals surface area contributed by atoms with Crippen molar-refractivity contribution in [3.8, 4) is 33.4 Å². The van der Waals surface area contributed by atoms with Gasteiger partial charge in [0.25, 0.3) is 0 Å². The summed E-state index contributed by atoms with van der Waals surface area (Å²) in [6.45, 7) is 9.79. The summed E-state index contributed by atoms with van der Waals surface area (Å²) in [4.78, 5) is 2.60. The summed E-state index contributed by atoms with van der Waals surface area (Å²) in [5, 5.41) is 0. The largest absolute Gasteiger partial charge is 0.310 e. The van der Waals surface area contributed by atoms with Gasteiger partial charge in [-0.3, -0.25) is 0 Å². The minimum atomic E-state index is 0.108. The molecule has 0 N–H and O–H groups in total. The van der Waals surface area contributed by atoms with Crippen molar-refractivity contribution >= 4 is 17.1 Å². The number of rotatable bonds is 5. The lowest BCUT2D eigenvalue weighted by atomic mass is 9.27. The molecule has 6 atom stereocenters. The lowest BCUT2D eigenvalue weighted by molar-refractivity contribution is -0.231. The highest BCUT2D eigenvalue weighted by atomic mass is 15.1. The molecule has 0 amide bonds. The van der Waals surface area contributed by atoms with Gasteiger partial charge in [-0.05, 0) is 165 Å². The highest BCUT2D eigenvalue weighted by Gasteiger charge is 2.84. The first-order valence-electron chi connectivity index (χ1n) is 21.1. The predicted molar refractivity (Wildman–Crippen MR) is 228 cm³/mol. The number of anilines is 3. The normalized spacial score (nSPS) is 29.1. The van der Waals surface area contributed by atoms with Crippen LogP contribution in [0.2, 0.25) is 0 Å². The van der Waals surface area contributed by atoms with Gasteiger partial charge in [0.2, 0.25) is 0 Å². The lowest BCUT2D eigenvalue weighted by Gasteiger charge is -2.76. The molecular formula is C54H51N. The molecule has 0 saturated heterocycles. The summed E-state index contributed by atoms with van der Waals surface area (Å²) in [5.74, 6) is 3.49. The number of hydrogen-bond acceptors (Lipinski definition) is 1. The molecule has 4 saturated carbocycles. The van der Waals surface area contributed by atoms with E-state index in [1.54, 1.807) is 11.1 Å². The molecule has 4 fully saturated rings. The van der Waals surface area contributed by atoms with Crippen LogP contribution in [-0.4, -0.2) is 0 Å². The van der Waals surface area contributed by atoms with Gasteiger partial charge in [0.05, 0.1) is 5.69 Å². The third-order valence-corrected chi connectivity index (χ3v) is 16.4. The van der Waals surface area contributed by atoms with E-state index < -0.39 is 0 Å². The van der Waals surface area contributed by atoms with Gasteiger partial charge in [-0.1, -0.05) is 131 Å². The molecule has 1 heteroatoms. The van der Waals surface area contributed by atoms with E-state index in [0.717, 1.165) is 23.7 Å². The van der Waals surface area contributed by atoms with E-state index >= 15 is 0 Å². The fourth-order valence-corrected chi connectivity index (χ4v) is 14.0. The summed E-state index contributed by atoms with van der Waals surface area (Å²) in [7, 11) is 0. The average molecular weight is 714 g/mol. The second-order valence-corrected chi connectivity index (χ2v) is 19.6. The summed E-state index contributed by atoms with van der Waals surface area (Å²) in [6.07, 6.45) is 8.24. The van der Waals surface area contributed by atoms with Crippen molar-refractivity contribution in [1.82, 2.24) is 0 Å². The van der Waals surface area contributed by atoms with Gasteiger partial charge in [0, 0.05) is 22.4 Å². The highest BCUT2D eigenvalue weighted by Crippen LogP contribution is 2.89. The van der Waals surface area contributed by atoms with Crippen LogP contribution in [-0.2, 0) is 16.2 Å². The van der Waals surface area contributed by atoms with E-state index in [0.29, 0.717) is 5.41 Å². The molecule has 6 unspecified atom stereocenters. The van der Waals surface area contributed by atoms with Crippen LogP contribution in [0.5, 0.6) is 0 Å². The van der Waals surface area contributed by atoms with Crippen LogP contribution in [0.1, 0.15) is 88.5 Å². The fraction of sp³-hybridized carbons (Fsp3) is 0.333. The third kappa shape index (κ3) is 4.10. The zero-order chi connectivity index (χ0) is 36.9. The van der Waals surface area contributed by atoms with Crippen molar-refractivity contribution in [3.63, 3.8) is 0 Å². The molecular weight excluding hydrogens is 663 g/mol. The van der Waals surface area contributed by atoms with Crippen molar-refractivity contribution in [2.45, 2.75) is 82.5 Å². The Labute approximate surface area is 327 Å². The molecule has 55 heavy (non-hydrogen) atoms. The molecule has 2 spiro atoms. The van der Waals surface area contributed by atoms with Gasteiger partial charge in [-0.2, -0.15) is 0 Å². The van der Waals surface area contributed by atoms with Crippen LogP contribution in [0.15, 0.2) is 140 Å². The quantitative estimate of drug-likeness (QED) is 0.172. The Kier molecular flexibility index (Phi) is 6.42. The van der Waals surface area contributed by atoms with Crippen LogP contribution in [0.3, 0.4) is 0 Å². The SMILES string of the molecule is CC1(C)CCC(C)(C)c2cc(N(c3ccc(-c4ccccc4)cc3)c3cc4c(cc3-c3ccccc3)C3(c5ccccc5-4)C4CC5CC6CC3C64C5)ccc21. The minimum Gasteiger partial charge on any atom is -0.310 e. The molecule has 0 aliphatic heterocycles. The average Bonchev–Trinajstić information content (AvgIpc) is 3.84. The van der Waals surface area contributed by atoms with E-state index in [4.69, 9.17) is 0 Å². The standard InChI is InChI=1S/C54H51N/c1-51(2)25-26-52(3,4)47-30-40(23-24-45(47)51)55(39-21-19-36(20-22-39)35-13-7-5-8-14-35)48-32-43-41-17-11-12-18-44(41)54(46(43)31-42(48)37-15-9-6-10-16-37)49-28-34-27-38-29-50(54)53(38,49)33-34/h5-24,30-32,34,38,49-50H,25-29,33H2,1-4H3. The second kappa shape index (κ2) is 10.9. The van der Waals surface area contributed by atoms with E-state index in [1.807, 2.05) is 0 Å². The minimum absolute atomic E-state index is 0.108. The predicted octanol–water partition coefficient (Wildman–Crippen LogP) is 14.2. The third-order valence-electron chi connectivity index (χ3n) is 16.4. The molecule has 6 aromatic rings. The maximum absolute atomic E-state index is 2.70. The summed E-state index contributed by atoms with van der Waals surface area (Å²) >= 11 is 0. The van der Waals surface area contributed by atoms with E-state index in [1.165, 1.54) is 100 Å². The van der Waals surface area contributed by atoms with Gasteiger partial charge in [-0.15, -0.1) is 0 Å². The Morgan fingerprint density at radius 3 is 1.85 bits per heavy atom. The van der Waals surface area contributed by atoms with E-state index in [9.17, 15) is 0 Å². The Bertz CT molecular complexity index is 2530. The van der Waals surface area contributed by atoms with Crippen LogP contribution in [0.4, 0.5) is 17.1 Å². The van der Waals surface area contributed by atoms with Gasteiger partial charge in [0.15, 0.2) is 0 Å². The zero-order valence-electron chi connectivity index (χ0n) is 32.8. The van der Waals surface area contributed by atoms with E-state index in [2.05, 4.69) is 172 Å². The highest BCUT2D eigenvalue weighted by molar-refractivity contribution is 5.96. The van der Waals surface area contributed by atoms with Crippen molar-refractivity contribution < 1.29 is 0 Å². The maximum atomic E-state index is 2.70. The molecule has 6 aliphatic carbocycles. The smallest absolute Gasteiger partial charge is 0.0546 e. The van der Waals surface area contributed by atoms with Gasteiger partial charge >= 0.3 is 0 Å². The van der Waals surface area contributed by atoms with Gasteiger partial charge < -0.3 is 4.90 Å². The molecule has 2 bridgehead atoms. The zero-order valence-corrected chi connectivity index (χ0v) is 32.8. The topological polar surface area (TPSA) is 3.24 Å². The molecule has 0 heterocycles. The first-order valence-corrected chi connectivity index (χ1v) is 21.1. The molecule has 6 aromatic carbocycles. The monoisotopic (exact) mass is 713 g/mol. The Balaban J connectivity index is 1.11. The molecule has 0 radical (unpaired) electrons. The molecule has 6 aliphatic rings. The number of hydrogen-bond donors (Lipinski definition) is 0. The van der Waals surface area contributed by atoms with Crippen molar-refractivity contribution in [1.29, 1.82) is 0 Å². The van der Waals surface area contributed by atoms with Crippen molar-refractivity contribution in [2.24, 2.45) is 29.1 Å². The van der Waals surface area contributed by atoms with Crippen LogP contribution in [0, 0.1) is 29.1 Å². The van der Waals surface area contributed by atoms with Crippen molar-refractivity contribution in [3.05, 3.63) is 162 Å². The van der Waals surface area contributed by atoms with Crippen LogP contribution in [0.25, 0.3) is 33.4 Å². The van der Waals surface area contributed by atoms with Crippen LogP contribution >= 0.6 is 0 Å². The maximum Gasteiger partial charge on any atom is 0.0546 e. The first-order chi connectivity index (χ1) is 26.7. The number of benzene rings is 6. The van der Waals surface area contributed by atoms with Gasteiger partial charge in [0.1, 0.15) is 0 Å². The summed E-state index contributed by atoms with van der Waals surface area (Å²) < 4.78 is 0. The Morgan fingerprint density at radius 2 is 1.11 bits per heavy atom. The summed E-state index contributed by atoms with van der Waals surface area (Å²) in [6, 6.07) is 53.8. The second-order valence-electron chi connectivity index (χ2n) is 19.6. The number of fused-ring (bicyclic) bond motifs is 9. The van der Waals surface area contributed by atoms with Crippen LogP contribution < -0.4 is 4.90 Å². The molecule has 272 valence electrons. The fourth-order valence-electron chi connectivity index (χ4n) is 14.0. The molecule has 12 rings (SSSR count). The Hall–Kier alpha value is -4.88.